The first-order valence-corrected chi connectivity index (χ1v) is 12.0. The largest absolute Gasteiger partial charge is 5.00 e. The molecule has 0 aliphatic rings. The van der Waals surface area contributed by atoms with Crippen LogP contribution in [-0.2, 0) is 18.6 Å². The molecule has 0 heterocycles. The van der Waals surface area contributed by atoms with Crippen molar-refractivity contribution < 1.29 is 59.4 Å². The van der Waals surface area contributed by atoms with E-state index in [-0.39, 0.29) is 88.8 Å². The minimum atomic E-state index is 0. The fourth-order valence-corrected chi connectivity index (χ4v) is 0. The molecule has 0 aliphatic heterocycles. The molecule has 0 radical (unpaired) electrons. The van der Waals surface area contributed by atoms with Gasteiger partial charge in [-0.15, -0.1) is 52.9 Å². The van der Waals surface area contributed by atoms with Gasteiger partial charge in [0.05, 0.1) is 0 Å². The van der Waals surface area contributed by atoms with E-state index in [0.29, 0.717) is 0 Å². The first kappa shape index (κ1) is 64.6. The van der Waals surface area contributed by atoms with Crippen LogP contribution in [0.15, 0.2) is 0 Å². The van der Waals surface area contributed by atoms with Crippen LogP contribution in [0, 0.1) is 0 Å². The molecular formula is C24H56AlO8V. The van der Waals surface area contributed by atoms with Crippen molar-refractivity contribution in [1.82, 2.24) is 0 Å². The van der Waals surface area contributed by atoms with Crippen LogP contribution in [-0.4, -0.2) is 70.2 Å². The quantitative estimate of drug-likeness (QED) is 0.301. The van der Waals surface area contributed by atoms with E-state index in [1.54, 1.807) is 0 Å². The van der Waals surface area contributed by atoms with Crippen LogP contribution < -0.4 is 40.9 Å². The fraction of sp³-hybridized carbons (Fsp3) is 1.00. The molecular weight excluding hydrogens is 494 g/mol. The molecule has 0 atom stereocenters. The first-order valence-electron chi connectivity index (χ1n) is 12.0. The second-order valence-corrected chi connectivity index (χ2v) is 5.63. The SMILES string of the molecule is CCC[O-].CCC[O-].CCC[O-].CCC[O-].CCC[O-].CCC[O-].CCC[O-].CCC[O-].[Al+3].[V+5]. The molecule has 8 nitrogen and oxygen atoms in total. The average molecular weight is 551 g/mol. The van der Waals surface area contributed by atoms with Gasteiger partial charge in [-0.3, -0.25) is 0 Å². The van der Waals surface area contributed by atoms with Gasteiger partial charge in [0.25, 0.3) is 0 Å². The molecule has 0 aromatic carbocycles. The monoisotopic (exact) mass is 550 g/mol. The van der Waals surface area contributed by atoms with Gasteiger partial charge < -0.3 is 40.9 Å². The molecule has 0 aliphatic carbocycles. The average Bonchev–Trinajstić information content (AvgIpc) is 2.89. The zero-order chi connectivity index (χ0) is 27.3. The summed E-state index contributed by atoms with van der Waals surface area (Å²) in [7, 11) is 0. The maximum atomic E-state index is 9.30. The topological polar surface area (TPSA) is 184 Å². The summed E-state index contributed by atoms with van der Waals surface area (Å²) in [5.41, 5.74) is 0. The Morgan fingerprint density at radius 3 is 0.294 bits per heavy atom. The molecule has 0 saturated carbocycles. The Morgan fingerprint density at radius 2 is 0.294 bits per heavy atom. The van der Waals surface area contributed by atoms with E-state index in [2.05, 4.69) is 0 Å². The summed E-state index contributed by atoms with van der Waals surface area (Å²) in [6.07, 6.45) is 6.11. The number of hydrogen-bond donors (Lipinski definition) is 0. The Morgan fingerprint density at radius 1 is 0.265 bits per heavy atom. The van der Waals surface area contributed by atoms with Crippen LogP contribution in [0.3, 0.4) is 0 Å². The van der Waals surface area contributed by atoms with Crippen LogP contribution in [0.2, 0.25) is 0 Å². The minimum absolute atomic E-state index is 0. The second kappa shape index (κ2) is 129. The van der Waals surface area contributed by atoms with Gasteiger partial charge in [0.15, 0.2) is 0 Å². The van der Waals surface area contributed by atoms with Gasteiger partial charge in [0, 0.05) is 0 Å². The summed E-state index contributed by atoms with van der Waals surface area (Å²) in [5, 5.41) is 74.4. The van der Waals surface area contributed by atoms with E-state index in [0.717, 1.165) is 51.4 Å². The van der Waals surface area contributed by atoms with Crippen molar-refractivity contribution in [3.8, 4) is 0 Å². The van der Waals surface area contributed by atoms with Crippen LogP contribution in [0.1, 0.15) is 107 Å². The third-order valence-corrected chi connectivity index (χ3v) is 1.63. The fourth-order valence-electron chi connectivity index (χ4n) is 0. The van der Waals surface area contributed by atoms with Crippen molar-refractivity contribution >= 4 is 17.4 Å². The Labute approximate surface area is 235 Å². The third-order valence-electron chi connectivity index (χ3n) is 1.63. The standard InChI is InChI=1S/8C3H7O.Al.V/c8*1-2-3-4;;/h8*2-3H2,1H3;;/q8*-1;+3;+5. The van der Waals surface area contributed by atoms with Gasteiger partial charge in [-0.2, -0.15) is 0 Å². The van der Waals surface area contributed by atoms with Crippen molar-refractivity contribution in [3.63, 3.8) is 0 Å². The van der Waals surface area contributed by atoms with E-state index in [1.165, 1.54) is 0 Å². The molecule has 0 aromatic rings. The summed E-state index contributed by atoms with van der Waals surface area (Å²) in [4.78, 5) is 0. The summed E-state index contributed by atoms with van der Waals surface area (Å²) in [6.45, 7) is 15.5. The van der Waals surface area contributed by atoms with E-state index in [1.807, 2.05) is 55.4 Å². The molecule has 0 spiro atoms. The smallest absolute Gasteiger partial charge is 0.854 e. The molecule has 0 aromatic heterocycles. The normalized spacial score (nSPS) is 7.06. The van der Waals surface area contributed by atoms with Crippen LogP contribution in [0.4, 0.5) is 0 Å². The van der Waals surface area contributed by atoms with E-state index < -0.39 is 0 Å². The molecule has 34 heavy (non-hydrogen) atoms. The zero-order valence-electron chi connectivity index (χ0n) is 23.6. The summed E-state index contributed by atoms with van der Waals surface area (Å²) in [5.74, 6) is 0. The van der Waals surface area contributed by atoms with E-state index >= 15 is 0 Å². The Kier molecular flexibility index (Phi) is 245. The predicted molar refractivity (Wildman–Crippen MR) is 127 cm³/mol. The summed E-state index contributed by atoms with van der Waals surface area (Å²) >= 11 is 0. The molecule has 0 unspecified atom stereocenters. The van der Waals surface area contributed by atoms with Crippen LogP contribution >= 0.6 is 0 Å². The van der Waals surface area contributed by atoms with Gasteiger partial charge in [0.2, 0.25) is 0 Å². The Bertz CT molecular complexity index is 103. The molecule has 0 fully saturated rings. The van der Waals surface area contributed by atoms with Crippen molar-refractivity contribution in [1.29, 1.82) is 0 Å². The third kappa shape index (κ3) is 428. The maximum Gasteiger partial charge on any atom is 5.00 e. The van der Waals surface area contributed by atoms with Gasteiger partial charge >= 0.3 is 35.9 Å². The Balaban J connectivity index is -0.0000000240. The molecule has 208 valence electrons. The molecule has 10 heteroatoms. The minimum Gasteiger partial charge on any atom is -0.854 e. The maximum absolute atomic E-state index is 9.30. The first-order chi connectivity index (χ1) is 15.3. The molecule has 0 N–H and O–H groups in total. The molecule has 0 saturated heterocycles. The number of hydrogen-bond acceptors (Lipinski definition) is 8. The van der Waals surface area contributed by atoms with Crippen LogP contribution in [0.5, 0.6) is 0 Å². The molecule has 0 amide bonds. The van der Waals surface area contributed by atoms with Crippen molar-refractivity contribution in [2.24, 2.45) is 0 Å². The zero-order valence-corrected chi connectivity index (χ0v) is 26.2. The summed E-state index contributed by atoms with van der Waals surface area (Å²) < 4.78 is 0. The van der Waals surface area contributed by atoms with Gasteiger partial charge in [-0.1, -0.05) is 107 Å². The molecule has 0 bridgehead atoms. The van der Waals surface area contributed by atoms with Gasteiger partial charge in [-0.25, -0.2) is 0 Å². The van der Waals surface area contributed by atoms with E-state index in [4.69, 9.17) is 0 Å². The van der Waals surface area contributed by atoms with Gasteiger partial charge in [-0.05, 0) is 0 Å². The van der Waals surface area contributed by atoms with Crippen LogP contribution in [0.25, 0.3) is 0 Å². The van der Waals surface area contributed by atoms with Crippen molar-refractivity contribution in [2.45, 2.75) is 107 Å². The molecule has 0 rings (SSSR count). The van der Waals surface area contributed by atoms with Crippen molar-refractivity contribution in [2.75, 3.05) is 52.9 Å². The summed E-state index contributed by atoms with van der Waals surface area (Å²) in [6, 6.07) is 0. The predicted octanol–water partition coefficient (Wildman–Crippen LogP) is -2.33. The van der Waals surface area contributed by atoms with Gasteiger partial charge in [0.1, 0.15) is 0 Å². The number of rotatable bonds is 8. The second-order valence-electron chi connectivity index (χ2n) is 5.63. The van der Waals surface area contributed by atoms with E-state index in [9.17, 15) is 40.9 Å². The Hall–Kier alpha value is 0.797. The van der Waals surface area contributed by atoms with Crippen molar-refractivity contribution in [3.05, 3.63) is 0 Å².